The number of carbonyl (C=O) groups is 1. The lowest BCUT2D eigenvalue weighted by atomic mass is 10.1. The van der Waals surface area contributed by atoms with Gasteiger partial charge in [0.05, 0.1) is 25.3 Å². The lowest BCUT2D eigenvalue weighted by molar-refractivity contribution is -0.117. The minimum atomic E-state index is -3.72. The summed E-state index contributed by atoms with van der Waals surface area (Å²) >= 11 is 0. The Morgan fingerprint density at radius 1 is 1.15 bits per heavy atom. The summed E-state index contributed by atoms with van der Waals surface area (Å²) in [6.45, 7) is 5.68. The quantitative estimate of drug-likeness (QED) is 0.584. The van der Waals surface area contributed by atoms with Crippen LogP contribution in [0.3, 0.4) is 0 Å². The highest BCUT2D eigenvalue weighted by molar-refractivity contribution is 7.89. The predicted octanol–water partition coefficient (Wildman–Crippen LogP) is 3.59. The fourth-order valence-corrected chi connectivity index (χ4v) is 5.62. The number of benzene rings is 2. The van der Waals surface area contributed by atoms with E-state index in [2.05, 4.69) is 11.4 Å². The second-order valence-corrected chi connectivity index (χ2v) is 10.6. The molecule has 2 aromatic carbocycles. The number of methoxy groups -OCH3 is 1. The van der Waals surface area contributed by atoms with Gasteiger partial charge in [-0.1, -0.05) is 18.6 Å². The molecule has 0 aliphatic carbocycles. The number of amides is 1. The van der Waals surface area contributed by atoms with Crippen molar-refractivity contribution in [3.8, 4) is 11.8 Å². The number of carbonyl (C=O) groups excluding carboxylic acids is 1. The van der Waals surface area contributed by atoms with Crippen LogP contribution in [0.5, 0.6) is 5.75 Å². The zero-order valence-electron chi connectivity index (χ0n) is 20.0. The highest BCUT2D eigenvalue weighted by Crippen LogP contribution is 2.31. The molecule has 0 bridgehead atoms. The van der Waals surface area contributed by atoms with Crippen molar-refractivity contribution >= 4 is 21.6 Å². The molecule has 1 saturated heterocycles. The van der Waals surface area contributed by atoms with Gasteiger partial charge >= 0.3 is 0 Å². The molecule has 8 nitrogen and oxygen atoms in total. The van der Waals surface area contributed by atoms with E-state index in [1.807, 2.05) is 30.9 Å². The Balaban J connectivity index is 1.74. The first-order valence-corrected chi connectivity index (χ1v) is 12.9. The van der Waals surface area contributed by atoms with Crippen molar-refractivity contribution in [2.75, 3.05) is 32.1 Å². The summed E-state index contributed by atoms with van der Waals surface area (Å²) in [4.78, 5) is 14.9. The molecule has 0 radical (unpaired) electrons. The Labute approximate surface area is 202 Å². The van der Waals surface area contributed by atoms with Gasteiger partial charge in [-0.05, 0) is 62.6 Å². The van der Waals surface area contributed by atoms with E-state index in [4.69, 9.17) is 10.00 Å². The summed E-state index contributed by atoms with van der Waals surface area (Å²) in [5.74, 6) is 0.0158. The van der Waals surface area contributed by atoms with E-state index in [9.17, 15) is 13.2 Å². The van der Waals surface area contributed by atoms with Crippen LogP contribution < -0.4 is 10.1 Å². The Bertz CT molecular complexity index is 1130. The van der Waals surface area contributed by atoms with Gasteiger partial charge in [-0.15, -0.1) is 0 Å². The number of sulfonamides is 1. The Kier molecular flexibility index (Phi) is 8.67. The molecular weight excluding hydrogens is 452 g/mol. The molecule has 2 aromatic rings. The largest absolute Gasteiger partial charge is 0.495 e. The number of ether oxygens (including phenoxy) is 1. The number of rotatable bonds is 9. The third kappa shape index (κ3) is 6.35. The summed E-state index contributed by atoms with van der Waals surface area (Å²) in [7, 11) is -2.29. The van der Waals surface area contributed by atoms with Gasteiger partial charge in [0.1, 0.15) is 10.6 Å². The SMILES string of the molecule is COc1ccc(NC(=O)CN(Cc2ccc(C#N)cc2)C(C)C)cc1S(=O)(=O)N1CCCCC1. The van der Waals surface area contributed by atoms with Crippen molar-refractivity contribution in [3.63, 3.8) is 0 Å². The van der Waals surface area contributed by atoms with Gasteiger partial charge in [-0.2, -0.15) is 9.57 Å². The highest BCUT2D eigenvalue weighted by Gasteiger charge is 2.29. The molecule has 34 heavy (non-hydrogen) atoms. The second-order valence-electron chi connectivity index (χ2n) is 8.69. The minimum Gasteiger partial charge on any atom is -0.495 e. The van der Waals surface area contributed by atoms with E-state index in [-0.39, 0.29) is 29.1 Å². The van der Waals surface area contributed by atoms with Gasteiger partial charge in [0.25, 0.3) is 0 Å². The van der Waals surface area contributed by atoms with Crippen molar-refractivity contribution in [3.05, 3.63) is 53.6 Å². The average molecular weight is 485 g/mol. The first-order chi connectivity index (χ1) is 16.2. The molecule has 0 aromatic heterocycles. The molecule has 1 N–H and O–H groups in total. The number of hydrogen-bond acceptors (Lipinski definition) is 6. The topological polar surface area (TPSA) is 103 Å². The van der Waals surface area contributed by atoms with Crippen LogP contribution in [0.2, 0.25) is 0 Å². The fraction of sp³-hybridized carbons (Fsp3) is 0.440. The van der Waals surface area contributed by atoms with Gasteiger partial charge in [-0.3, -0.25) is 9.69 Å². The number of piperidine rings is 1. The van der Waals surface area contributed by atoms with Crippen LogP contribution in [0.4, 0.5) is 5.69 Å². The van der Waals surface area contributed by atoms with Crippen LogP contribution in [-0.2, 0) is 21.4 Å². The number of hydrogen-bond donors (Lipinski definition) is 1. The van der Waals surface area contributed by atoms with Crippen LogP contribution in [0.1, 0.15) is 44.2 Å². The smallest absolute Gasteiger partial charge is 0.246 e. The summed E-state index contributed by atoms with van der Waals surface area (Å²) in [6, 6.07) is 14.2. The lowest BCUT2D eigenvalue weighted by Crippen LogP contribution is -2.37. The molecule has 0 unspecified atom stereocenters. The van der Waals surface area contributed by atoms with Crippen LogP contribution in [0.25, 0.3) is 0 Å². The minimum absolute atomic E-state index is 0.0630. The molecule has 1 fully saturated rings. The van der Waals surface area contributed by atoms with E-state index in [0.29, 0.717) is 30.9 Å². The fourth-order valence-electron chi connectivity index (χ4n) is 3.93. The van der Waals surface area contributed by atoms with Gasteiger partial charge in [-0.25, -0.2) is 8.42 Å². The number of nitrogens with zero attached hydrogens (tertiary/aromatic N) is 3. The molecular formula is C25H32N4O4S. The maximum Gasteiger partial charge on any atom is 0.246 e. The molecule has 9 heteroatoms. The Morgan fingerprint density at radius 3 is 2.41 bits per heavy atom. The molecule has 1 aliphatic heterocycles. The Hall–Kier alpha value is -2.93. The summed E-state index contributed by atoms with van der Waals surface area (Å²) in [5.41, 5.74) is 2.00. The summed E-state index contributed by atoms with van der Waals surface area (Å²) in [6.07, 6.45) is 2.69. The number of nitrogens with one attached hydrogen (secondary N) is 1. The van der Waals surface area contributed by atoms with E-state index in [1.165, 1.54) is 17.5 Å². The van der Waals surface area contributed by atoms with Crippen molar-refractivity contribution < 1.29 is 17.9 Å². The average Bonchev–Trinajstić information content (AvgIpc) is 2.84. The van der Waals surface area contributed by atoms with E-state index in [1.54, 1.807) is 24.3 Å². The van der Waals surface area contributed by atoms with Crippen molar-refractivity contribution in [2.45, 2.75) is 50.6 Å². The van der Waals surface area contributed by atoms with E-state index in [0.717, 1.165) is 24.8 Å². The standard InChI is InChI=1S/C25H32N4O4S/c1-19(2)28(17-21-9-7-20(16-26)8-10-21)18-25(30)27-22-11-12-23(33-3)24(15-22)34(31,32)29-13-5-4-6-14-29/h7-12,15,19H,4-6,13-14,17-18H2,1-3H3,(H,27,30). The maximum absolute atomic E-state index is 13.2. The zero-order valence-corrected chi connectivity index (χ0v) is 20.8. The summed E-state index contributed by atoms with van der Waals surface area (Å²) in [5, 5.41) is 11.8. The first kappa shape index (κ1) is 25.7. The molecule has 3 rings (SSSR count). The first-order valence-electron chi connectivity index (χ1n) is 11.5. The third-order valence-electron chi connectivity index (χ3n) is 5.93. The van der Waals surface area contributed by atoms with E-state index >= 15 is 0 Å². The molecule has 0 saturated carbocycles. The van der Waals surface area contributed by atoms with Gasteiger partial charge in [0.2, 0.25) is 15.9 Å². The molecule has 0 spiro atoms. The van der Waals surface area contributed by atoms with Crippen molar-refractivity contribution in [1.82, 2.24) is 9.21 Å². The van der Waals surface area contributed by atoms with E-state index < -0.39 is 10.0 Å². The number of anilines is 1. The van der Waals surface area contributed by atoms with Crippen LogP contribution >= 0.6 is 0 Å². The highest BCUT2D eigenvalue weighted by atomic mass is 32.2. The van der Waals surface area contributed by atoms with Crippen molar-refractivity contribution in [1.29, 1.82) is 5.26 Å². The Morgan fingerprint density at radius 2 is 1.82 bits per heavy atom. The van der Waals surface area contributed by atoms with Crippen LogP contribution in [0, 0.1) is 11.3 Å². The molecule has 1 amide bonds. The predicted molar refractivity (Wildman–Crippen MR) is 131 cm³/mol. The molecule has 0 atom stereocenters. The lowest BCUT2D eigenvalue weighted by Gasteiger charge is -2.27. The molecule has 1 aliphatic rings. The molecule has 1 heterocycles. The van der Waals surface area contributed by atoms with Gasteiger partial charge in [0, 0.05) is 31.4 Å². The van der Waals surface area contributed by atoms with Crippen LogP contribution in [0.15, 0.2) is 47.4 Å². The monoisotopic (exact) mass is 484 g/mol. The van der Waals surface area contributed by atoms with Gasteiger partial charge in [0.15, 0.2) is 0 Å². The normalized spacial score (nSPS) is 14.7. The summed E-state index contributed by atoms with van der Waals surface area (Å²) < 4.78 is 33.3. The van der Waals surface area contributed by atoms with Crippen molar-refractivity contribution in [2.24, 2.45) is 0 Å². The van der Waals surface area contributed by atoms with Gasteiger partial charge < -0.3 is 10.1 Å². The maximum atomic E-state index is 13.2. The third-order valence-corrected chi connectivity index (χ3v) is 7.85. The van der Waals surface area contributed by atoms with Crippen LogP contribution in [-0.4, -0.2) is 56.3 Å². The zero-order chi connectivity index (χ0) is 24.7. The second kappa shape index (κ2) is 11.5. The molecule has 182 valence electrons. The number of nitriles is 1.